The molecule has 3 N–H and O–H groups in total. The van der Waals surface area contributed by atoms with Crippen molar-refractivity contribution in [2.45, 2.75) is 52.1 Å². The fraction of sp³-hybridized carbons (Fsp3) is 0.588. The van der Waals surface area contributed by atoms with Crippen molar-refractivity contribution in [3.8, 4) is 0 Å². The summed E-state index contributed by atoms with van der Waals surface area (Å²) in [5.74, 6) is 0.842. The molecule has 0 atom stereocenters. The number of nitrogens with zero attached hydrogens (tertiary/aromatic N) is 1. The summed E-state index contributed by atoms with van der Waals surface area (Å²) in [7, 11) is 0. The van der Waals surface area contributed by atoms with Crippen LogP contribution in [0.15, 0.2) is 24.3 Å². The number of amidine groups is 1. The number of nitrogen functional groups attached to an aromatic ring is 1. The zero-order chi connectivity index (χ0) is 14.5. The molecule has 1 aromatic rings. The van der Waals surface area contributed by atoms with Crippen LogP contribution in [0.25, 0.3) is 0 Å². The lowest BCUT2D eigenvalue weighted by molar-refractivity contribution is 0.168. The van der Waals surface area contributed by atoms with Crippen LogP contribution in [0.2, 0.25) is 0 Å². The molecule has 1 fully saturated rings. The minimum Gasteiger partial charge on any atom is -0.384 e. The van der Waals surface area contributed by atoms with E-state index in [0.717, 1.165) is 24.7 Å². The molecule has 0 spiro atoms. The van der Waals surface area contributed by atoms with Crippen LogP contribution in [-0.2, 0) is 6.54 Å². The van der Waals surface area contributed by atoms with Crippen molar-refractivity contribution in [3.05, 3.63) is 35.4 Å². The van der Waals surface area contributed by atoms with Crippen LogP contribution in [-0.4, -0.2) is 23.3 Å². The average molecular weight is 273 g/mol. The molecular formula is C17H27N3. The molecule has 20 heavy (non-hydrogen) atoms. The Morgan fingerprint density at radius 2 is 2.05 bits per heavy atom. The average Bonchev–Trinajstić information content (AvgIpc) is 2.91. The number of rotatable bonds is 6. The highest BCUT2D eigenvalue weighted by Crippen LogP contribution is 2.25. The smallest absolute Gasteiger partial charge is 0.122 e. The van der Waals surface area contributed by atoms with Gasteiger partial charge >= 0.3 is 0 Å². The van der Waals surface area contributed by atoms with Gasteiger partial charge in [0.1, 0.15) is 5.84 Å². The van der Waals surface area contributed by atoms with E-state index >= 15 is 0 Å². The van der Waals surface area contributed by atoms with Gasteiger partial charge in [0.2, 0.25) is 0 Å². The summed E-state index contributed by atoms with van der Waals surface area (Å²) in [5.41, 5.74) is 7.69. The molecule has 0 amide bonds. The number of hydrogen-bond acceptors (Lipinski definition) is 2. The van der Waals surface area contributed by atoms with Crippen molar-refractivity contribution in [2.24, 2.45) is 11.7 Å². The number of hydrogen-bond donors (Lipinski definition) is 2. The van der Waals surface area contributed by atoms with Crippen molar-refractivity contribution in [2.75, 3.05) is 6.54 Å². The van der Waals surface area contributed by atoms with Crippen LogP contribution >= 0.6 is 0 Å². The summed E-state index contributed by atoms with van der Waals surface area (Å²) in [6, 6.07) is 8.86. The van der Waals surface area contributed by atoms with Gasteiger partial charge in [0.05, 0.1) is 0 Å². The Morgan fingerprint density at radius 3 is 2.65 bits per heavy atom. The molecule has 3 nitrogen and oxygen atoms in total. The molecule has 1 aliphatic carbocycles. The normalized spacial score (nSPS) is 16.2. The Labute approximate surface area is 122 Å². The maximum atomic E-state index is 7.56. The predicted molar refractivity (Wildman–Crippen MR) is 85.0 cm³/mol. The zero-order valence-electron chi connectivity index (χ0n) is 12.7. The molecule has 0 saturated heterocycles. The van der Waals surface area contributed by atoms with Crippen molar-refractivity contribution in [1.82, 2.24) is 4.90 Å². The summed E-state index contributed by atoms with van der Waals surface area (Å²) < 4.78 is 0. The van der Waals surface area contributed by atoms with Gasteiger partial charge in [0.25, 0.3) is 0 Å². The van der Waals surface area contributed by atoms with E-state index < -0.39 is 0 Å². The van der Waals surface area contributed by atoms with Gasteiger partial charge < -0.3 is 5.73 Å². The maximum absolute atomic E-state index is 7.56. The van der Waals surface area contributed by atoms with E-state index in [1.54, 1.807) is 0 Å². The first-order valence-electron chi connectivity index (χ1n) is 7.73. The molecule has 0 bridgehead atoms. The van der Waals surface area contributed by atoms with Crippen LogP contribution < -0.4 is 5.73 Å². The van der Waals surface area contributed by atoms with Gasteiger partial charge in [-0.25, -0.2) is 0 Å². The first-order valence-corrected chi connectivity index (χ1v) is 7.73. The fourth-order valence-electron chi connectivity index (χ4n) is 3.15. The van der Waals surface area contributed by atoms with Crippen LogP contribution in [0.5, 0.6) is 0 Å². The zero-order valence-corrected chi connectivity index (χ0v) is 12.7. The van der Waals surface area contributed by atoms with Crippen molar-refractivity contribution in [1.29, 1.82) is 5.41 Å². The van der Waals surface area contributed by atoms with E-state index in [4.69, 9.17) is 11.1 Å². The molecule has 2 rings (SSSR count). The summed E-state index contributed by atoms with van der Waals surface area (Å²) in [6.07, 6.45) is 5.40. The summed E-state index contributed by atoms with van der Waals surface area (Å²) in [4.78, 5) is 2.62. The third-order valence-electron chi connectivity index (χ3n) is 4.06. The van der Waals surface area contributed by atoms with E-state index in [-0.39, 0.29) is 5.84 Å². The molecule has 1 aliphatic rings. The number of benzene rings is 1. The highest BCUT2D eigenvalue weighted by atomic mass is 15.2. The SMILES string of the molecule is CC(C)CN(Cc1cccc(C(=N)N)c1)C1CCCC1. The molecule has 0 unspecified atom stereocenters. The largest absolute Gasteiger partial charge is 0.384 e. The molecule has 1 saturated carbocycles. The van der Waals surface area contributed by atoms with Gasteiger partial charge in [0, 0.05) is 24.7 Å². The van der Waals surface area contributed by atoms with Gasteiger partial charge in [-0.1, -0.05) is 44.9 Å². The minimum atomic E-state index is 0.156. The Morgan fingerprint density at radius 1 is 1.35 bits per heavy atom. The van der Waals surface area contributed by atoms with E-state index in [1.165, 1.54) is 31.2 Å². The summed E-state index contributed by atoms with van der Waals surface area (Å²) in [6.45, 7) is 6.70. The Hall–Kier alpha value is -1.35. The van der Waals surface area contributed by atoms with Gasteiger partial charge in [-0.15, -0.1) is 0 Å². The van der Waals surface area contributed by atoms with E-state index in [2.05, 4.69) is 30.9 Å². The molecule has 0 radical (unpaired) electrons. The first-order chi connectivity index (χ1) is 9.56. The van der Waals surface area contributed by atoms with E-state index in [9.17, 15) is 0 Å². The van der Waals surface area contributed by atoms with E-state index in [1.807, 2.05) is 12.1 Å². The highest BCUT2D eigenvalue weighted by Gasteiger charge is 2.23. The quantitative estimate of drug-likeness (QED) is 0.617. The summed E-state index contributed by atoms with van der Waals surface area (Å²) in [5, 5.41) is 7.56. The monoisotopic (exact) mass is 273 g/mol. The predicted octanol–water partition coefficient (Wildman–Crippen LogP) is 3.37. The van der Waals surface area contributed by atoms with Gasteiger partial charge in [-0.2, -0.15) is 0 Å². The molecular weight excluding hydrogens is 246 g/mol. The van der Waals surface area contributed by atoms with Crippen LogP contribution in [0, 0.1) is 11.3 Å². The lowest BCUT2D eigenvalue weighted by atomic mass is 10.1. The Balaban J connectivity index is 2.09. The second-order valence-electron chi connectivity index (χ2n) is 6.38. The molecule has 3 heteroatoms. The van der Waals surface area contributed by atoms with E-state index in [0.29, 0.717) is 5.92 Å². The van der Waals surface area contributed by atoms with Crippen LogP contribution in [0.1, 0.15) is 50.7 Å². The third kappa shape index (κ3) is 4.07. The standard InChI is InChI=1S/C17H27N3/c1-13(2)11-20(16-8-3-4-9-16)12-14-6-5-7-15(10-14)17(18)19/h5-7,10,13,16H,3-4,8-9,11-12H2,1-2H3,(H3,18,19). The van der Waals surface area contributed by atoms with Crippen molar-refractivity contribution < 1.29 is 0 Å². The topological polar surface area (TPSA) is 53.1 Å². The highest BCUT2D eigenvalue weighted by molar-refractivity contribution is 5.95. The van der Waals surface area contributed by atoms with Crippen LogP contribution in [0.4, 0.5) is 0 Å². The van der Waals surface area contributed by atoms with Crippen molar-refractivity contribution >= 4 is 5.84 Å². The molecule has 1 aromatic carbocycles. The Kier molecular flexibility index (Phi) is 5.18. The molecule has 0 heterocycles. The molecule has 0 aromatic heterocycles. The maximum Gasteiger partial charge on any atom is 0.122 e. The van der Waals surface area contributed by atoms with Gasteiger partial charge in [-0.3, -0.25) is 10.3 Å². The van der Waals surface area contributed by atoms with Crippen molar-refractivity contribution in [3.63, 3.8) is 0 Å². The lowest BCUT2D eigenvalue weighted by Crippen LogP contribution is -2.35. The summed E-state index contributed by atoms with van der Waals surface area (Å²) >= 11 is 0. The number of nitrogens with two attached hydrogens (primary N) is 1. The Bertz CT molecular complexity index is 447. The second-order valence-corrected chi connectivity index (χ2v) is 6.38. The molecule has 110 valence electrons. The third-order valence-corrected chi connectivity index (χ3v) is 4.06. The fourth-order valence-corrected chi connectivity index (χ4v) is 3.15. The van der Waals surface area contributed by atoms with Gasteiger partial charge in [0.15, 0.2) is 0 Å². The van der Waals surface area contributed by atoms with Crippen LogP contribution in [0.3, 0.4) is 0 Å². The lowest BCUT2D eigenvalue weighted by Gasteiger charge is -2.30. The van der Waals surface area contributed by atoms with Gasteiger partial charge in [-0.05, 0) is 30.4 Å². The first kappa shape index (κ1) is 15.0. The second kappa shape index (κ2) is 6.89. The number of nitrogens with one attached hydrogen (secondary N) is 1. The molecule has 0 aliphatic heterocycles. The minimum absolute atomic E-state index is 0.156.